The van der Waals surface area contributed by atoms with Crippen LogP contribution >= 0.6 is 0 Å². The van der Waals surface area contributed by atoms with E-state index in [-0.39, 0.29) is 0 Å². The van der Waals surface area contributed by atoms with Gasteiger partial charge in [-0.05, 0) is 58.3 Å². The van der Waals surface area contributed by atoms with E-state index < -0.39 is 25.2 Å². The first kappa shape index (κ1) is 34.1. The molecule has 0 fully saturated rings. The van der Waals surface area contributed by atoms with Crippen molar-refractivity contribution in [2.45, 2.75) is 58.3 Å². The van der Waals surface area contributed by atoms with E-state index in [4.69, 9.17) is 36.7 Å². The molecule has 0 atom stereocenters. The highest BCUT2D eigenvalue weighted by atomic mass is 28.5. The highest BCUT2D eigenvalue weighted by Gasteiger charge is 2.39. The minimum absolute atomic E-state index is 0.546. The van der Waals surface area contributed by atoms with Gasteiger partial charge in [-0.2, -0.15) is 0 Å². The van der Waals surface area contributed by atoms with E-state index in [0.29, 0.717) is 79.3 Å². The van der Waals surface area contributed by atoms with Crippen LogP contribution in [0.1, 0.15) is 6.42 Å². The number of rotatable bonds is 25. The molecule has 0 bridgehead atoms. The average molecular weight is 541 g/mol. The van der Waals surface area contributed by atoms with E-state index in [1.54, 1.807) is 6.08 Å². The summed E-state index contributed by atoms with van der Waals surface area (Å²) in [4.78, 5) is 0. The van der Waals surface area contributed by atoms with Crippen molar-refractivity contribution in [3.63, 3.8) is 0 Å². The minimum Gasteiger partial charge on any atom is -0.437 e. The third-order valence-electron chi connectivity index (χ3n) is 4.06. The molecule has 0 spiro atoms. The molecule has 0 radical (unpaired) electrons. The van der Waals surface area contributed by atoms with E-state index in [9.17, 15) is 0 Å². The summed E-state index contributed by atoms with van der Waals surface area (Å²) in [5, 5.41) is 0. The van der Waals surface area contributed by atoms with Crippen LogP contribution in [0.3, 0.4) is 0 Å². The molecule has 0 aromatic carbocycles. The molecule has 0 amide bonds. The predicted octanol–water partition coefficient (Wildman–Crippen LogP) is 4.44. The molecule has 0 N–H and O–H groups in total. The molecule has 0 aliphatic rings. The molecule has 0 aromatic rings. The lowest BCUT2D eigenvalue weighted by molar-refractivity contribution is -0.0156. The molecule has 0 heterocycles. The molecule has 8 nitrogen and oxygen atoms in total. The highest BCUT2D eigenvalue weighted by Crippen LogP contribution is 2.25. The zero-order valence-corrected chi connectivity index (χ0v) is 25.9. The van der Waals surface area contributed by atoms with Gasteiger partial charge >= 0.3 is 8.56 Å². The first-order valence-corrected chi connectivity index (χ1v) is 21.8. The largest absolute Gasteiger partial charge is 0.437 e. The van der Waals surface area contributed by atoms with Crippen molar-refractivity contribution in [3.8, 4) is 0 Å². The summed E-state index contributed by atoms with van der Waals surface area (Å²) in [6.45, 7) is 26.0. The Hall–Kier alpha value is 0.0706. The molecule has 0 aromatic heterocycles. The lowest BCUT2D eigenvalue weighted by atomic mass is 10.5. The van der Waals surface area contributed by atoms with Crippen molar-refractivity contribution in [1.29, 1.82) is 0 Å². The molecule has 0 aliphatic carbocycles. The molecule has 34 heavy (non-hydrogen) atoms. The van der Waals surface area contributed by atoms with Gasteiger partial charge < -0.3 is 36.7 Å². The van der Waals surface area contributed by atoms with Gasteiger partial charge in [0.1, 0.15) is 0 Å². The maximum Gasteiger partial charge on any atom is 0.314 e. The minimum atomic E-state index is -2.16. The molecular weight excluding hydrogens is 489 g/mol. The third-order valence-corrected chi connectivity index (χ3v) is 13.7. The van der Waals surface area contributed by atoms with Gasteiger partial charge in [-0.25, -0.2) is 0 Å². The van der Waals surface area contributed by atoms with E-state index in [2.05, 4.69) is 52.4 Å². The fourth-order valence-electron chi connectivity index (χ4n) is 3.18. The smallest absolute Gasteiger partial charge is 0.314 e. The van der Waals surface area contributed by atoms with Crippen molar-refractivity contribution < 1.29 is 36.7 Å². The van der Waals surface area contributed by atoms with Crippen molar-refractivity contribution >= 4 is 25.2 Å². The van der Waals surface area contributed by atoms with Crippen LogP contribution in [0.25, 0.3) is 0 Å². The van der Waals surface area contributed by atoms with Crippen molar-refractivity contribution in [2.75, 3.05) is 79.3 Å². The quantitative estimate of drug-likeness (QED) is 0.0956. The Morgan fingerprint density at radius 2 is 0.824 bits per heavy atom. The normalized spacial score (nSPS) is 12.9. The average Bonchev–Trinajstić information content (AvgIpc) is 2.69. The van der Waals surface area contributed by atoms with Gasteiger partial charge in [0.15, 0.2) is 16.6 Å². The van der Waals surface area contributed by atoms with Crippen molar-refractivity contribution in [2.24, 2.45) is 0 Å². The summed E-state index contributed by atoms with van der Waals surface area (Å²) in [5.41, 5.74) is 0. The first-order valence-electron chi connectivity index (χ1n) is 12.5. The van der Waals surface area contributed by atoms with Crippen LogP contribution in [0.4, 0.5) is 0 Å². The number of ether oxygens (including phenoxy) is 6. The third kappa shape index (κ3) is 25.2. The lowest BCUT2D eigenvalue weighted by Gasteiger charge is -2.38. The highest BCUT2D eigenvalue weighted by molar-refractivity contribution is 6.87. The first-order chi connectivity index (χ1) is 16.0. The van der Waals surface area contributed by atoms with E-state index in [1.165, 1.54) is 0 Å². The van der Waals surface area contributed by atoms with Gasteiger partial charge in [-0.15, -0.1) is 6.58 Å². The zero-order valence-electron chi connectivity index (χ0n) is 22.9. The summed E-state index contributed by atoms with van der Waals surface area (Å²) in [5.74, 6) is 0. The Balaban J connectivity index is 3.53. The monoisotopic (exact) mass is 540 g/mol. The summed E-state index contributed by atoms with van der Waals surface area (Å²) in [7, 11) is -5.45. The summed E-state index contributed by atoms with van der Waals surface area (Å²) >= 11 is 0. The molecular formula is C23H52O8Si3. The molecule has 0 aliphatic heterocycles. The van der Waals surface area contributed by atoms with Crippen LogP contribution in [0.2, 0.25) is 51.9 Å². The predicted molar refractivity (Wildman–Crippen MR) is 145 cm³/mol. The second kappa shape index (κ2) is 20.2. The molecule has 0 saturated carbocycles. The van der Waals surface area contributed by atoms with Crippen molar-refractivity contribution in [3.05, 3.63) is 12.7 Å². The van der Waals surface area contributed by atoms with Crippen LogP contribution < -0.4 is 0 Å². The lowest BCUT2D eigenvalue weighted by Crippen LogP contribution is -2.52. The number of hydrogen-bond acceptors (Lipinski definition) is 8. The molecule has 0 rings (SSSR count). The fraction of sp³-hybridized carbons (Fsp3) is 0.913. The number of hydrogen-bond donors (Lipinski definition) is 0. The van der Waals surface area contributed by atoms with Gasteiger partial charge in [0, 0.05) is 6.61 Å². The van der Waals surface area contributed by atoms with Gasteiger partial charge in [-0.3, -0.25) is 0 Å². The standard InChI is InChI=1S/C23H52O8Si3/c1-9-11-24-13-15-26-17-19-28-21-22-29-20-18-27-16-14-25-12-10-23-34(8,30-32(2,3)4)31-33(5,6)7/h9H,1,10-23H2,2-8H3. The van der Waals surface area contributed by atoms with Crippen LogP contribution in [0.5, 0.6) is 0 Å². The Kier molecular flexibility index (Phi) is 20.2. The Morgan fingerprint density at radius 1 is 0.500 bits per heavy atom. The molecule has 0 unspecified atom stereocenters. The second-order valence-electron chi connectivity index (χ2n) is 10.1. The van der Waals surface area contributed by atoms with Crippen LogP contribution in [0, 0.1) is 0 Å². The van der Waals surface area contributed by atoms with E-state index in [0.717, 1.165) is 12.5 Å². The summed E-state index contributed by atoms with van der Waals surface area (Å²) in [6, 6.07) is 0.967. The van der Waals surface area contributed by atoms with Gasteiger partial charge in [-0.1, -0.05) is 6.08 Å². The Bertz CT molecular complexity index is 468. The SMILES string of the molecule is C=CCOCCOCCOCCOCCOCCOCCC[Si](C)(O[Si](C)(C)C)O[Si](C)(C)C. The summed E-state index contributed by atoms with van der Waals surface area (Å²) < 4.78 is 45.8. The van der Waals surface area contributed by atoms with Crippen molar-refractivity contribution in [1.82, 2.24) is 0 Å². The van der Waals surface area contributed by atoms with Gasteiger partial charge in [0.2, 0.25) is 0 Å². The summed E-state index contributed by atoms with van der Waals surface area (Å²) in [6.07, 6.45) is 2.67. The topological polar surface area (TPSA) is 73.8 Å². The zero-order chi connectivity index (χ0) is 25.8. The van der Waals surface area contributed by atoms with E-state index >= 15 is 0 Å². The van der Waals surface area contributed by atoms with Crippen LogP contribution in [-0.4, -0.2) is 104 Å². The molecule has 11 heteroatoms. The van der Waals surface area contributed by atoms with Gasteiger partial charge in [0.25, 0.3) is 0 Å². The maximum atomic E-state index is 6.52. The molecule has 204 valence electrons. The second-order valence-corrected chi connectivity index (χ2v) is 22.9. The van der Waals surface area contributed by atoms with E-state index in [1.807, 2.05) is 0 Å². The maximum absolute atomic E-state index is 6.52. The Morgan fingerprint density at radius 3 is 1.15 bits per heavy atom. The Labute approximate surface area is 212 Å². The molecule has 0 saturated heterocycles. The fourth-order valence-corrected chi connectivity index (χ4v) is 15.7. The van der Waals surface area contributed by atoms with Crippen LogP contribution in [0.15, 0.2) is 12.7 Å². The van der Waals surface area contributed by atoms with Crippen LogP contribution in [-0.2, 0) is 36.7 Å². The van der Waals surface area contributed by atoms with Gasteiger partial charge in [0.05, 0.1) is 72.7 Å².